The lowest BCUT2D eigenvalue weighted by Gasteiger charge is -2.37. The zero-order valence-electron chi connectivity index (χ0n) is 25.5. The minimum absolute atomic E-state index is 0.0999. The number of hydrogen-bond donors (Lipinski definition) is 2. The maximum Gasteiger partial charge on any atom is 0.306 e. The highest BCUT2D eigenvalue weighted by molar-refractivity contribution is 9.11. The van der Waals surface area contributed by atoms with Crippen molar-refractivity contribution in [2.75, 3.05) is 31.8 Å². The van der Waals surface area contributed by atoms with Gasteiger partial charge in [0.25, 0.3) is 5.91 Å². The highest BCUT2D eigenvalue weighted by atomic mass is 79.9. The summed E-state index contributed by atoms with van der Waals surface area (Å²) in [5, 5.41) is 13.3. The smallest absolute Gasteiger partial charge is 0.306 e. The Kier molecular flexibility index (Phi) is 9.04. The number of nitrogens with one attached hydrogen (secondary N) is 1. The predicted molar refractivity (Wildman–Crippen MR) is 171 cm³/mol. The number of carbonyl (C=O) groups excluding carboxylic acids is 4. The Bertz CT molecular complexity index is 1560. The van der Waals surface area contributed by atoms with E-state index in [2.05, 4.69) is 21.2 Å². The Balaban J connectivity index is 1.46. The molecule has 2 N–H and O–H groups in total. The molecule has 12 heteroatoms. The van der Waals surface area contributed by atoms with Crippen molar-refractivity contribution in [3.63, 3.8) is 0 Å². The van der Waals surface area contributed by atoms with Gasteiger partial charge >= 0.3 is 5.97 Å². The van der Waals surface area contributed by atoms with Gasteiger partial charge in [0.15, 0.2) is 0 Å². The van der Waals surface area contributed by atoms with E-state index in [4.69, 9.17) is 14.2 Å². The van der Waals surface area contributed by atoms with E-state index in [-0.39, 0.29) is 19.6 Å². The van der Waals surface area contributed by atoms with Crippen LogP contribution in [0.5, 0.6) is 5.75 Å². The lowest BCUT2D eigenvalue weighted by molar-refractivity contribution is -0.146. The number of aliphatic hydroxyl groups is 1. The van der Waals surface area contributed by atoms with E-state index < -0.39 is 72.0 Å². The first-order valence-electron chi connectivity index (χ1n) is 15.3. The van der Waals surface area contributed by atoms with Crippen molar-refractivity contribution in [3.05, 3.63) is 82.9 Å². The number of rotatable bonds is 5. The number of amides is 3. The molecule has 0 aromatic heterocycles. The normalized spacial score (nSPS) is 31.2. The number of cyclic esters (lactones) is 1. The van der Waals surface area contributed by atoms with E-state index in [1.54, 1.807) is 56.5 Å². The van der Waals surface area contributed by atoms with E-state index in [1.165, 1.54) is 9.80 Å². The number of allylic oxidation sites excluding steroid dienone is 1. The maximum atomic E-state index is 14.8. The first-order valence-corrected chi connectivity index (χ1v) is 16.1. The van der Waals surface area contributed by atoms with Gasteiger partial charge < -0.3 is 34.4 Å². The number of likely N-dealkylation sites (tertiary alicyclic amines) is 1. The molecule has 2 aromatic rings. The van der Waals surface area contributed by atoms with Crippen LogP contribution in [0.15, 0.2) is 77.3 Å². The Morgan fingerprint density at radius 2 is 1.80 bits per heavy atom. The van der Waals surface area contributed by atoms with Gasteiger partial charge in [0.1, 0.15) is 30.1 Å². The number of benzene rings is 2. The number of halogens is 1. The van der Waals surface area contributed by atoms with E-state index in [0.29, 0.717) is 22.3 Å². The van der Waals surface area contributed by atoms with Crippen LogP contribution in [0.3, 0.4) is 0 Å². The van der Waals surface area contributed by atoms with Gasteiger partial charge in [0.2, 0.25) is 11.8 Å². The van der Waals surface area contributed by atoms with Gasteiger partial charge in [-0.15, -0.1) is 0 Å². The van der Waals surface area contributed by atoms with E-state index in [1.807, 2.05) is 30.3 Å². The third-order valence-electron chi connectivity index (χ3n) is 9.19. The molecule has 3 amide bonds. The Hall–Kier alpha value is -4.00. The average molecular weight is 695 g/mol. The largest absolute Gasteiger partial charge is 0.497 e. The Morgan fingerprint density at radius 1 is 1.07 bits per heavy atom. The number of carbonyl (C=O) groups is 4. The van der Waals surface area contributed by atoms with Gasteiger partial charge in [0.05, 0.1) is 37.6 Å². The SMILES string of the molecule is COc1ccc(N2C/C=C\CCC(=O)OC[C@H](c3ccccc3)NC(=O)[C@H]3[C@@H]4O[C@@]5(C=C4Br)[C@@H]3C(=O)N([C@H](C)CO)[C@@H]5C2=O)cc1. The third kappa shape index (κ3) is 5.52. The van der Waals surface area contributed by atoms with Crippen LogP contribution in [-0.2, 0) is 28.7 Å². The summed E-state index contributed by atoms with van der Waals surface area (Å²) in [4.78, 5) is 59.0. The lowest BCUT2D eigenvalue weighted by atomic mass is 9.74. The number of esters is 1. The van der Waals surface area contributed by atoms with Gasteiger partial charge in [-0.25, -0.2) is 0 Å². The second-order valence-electron chi connectivity index (χ2n) is 11.9. The van der Waals surface area contributed by atoms with Gasteiger partial charge in [-0.2, -0.15) is 0 Å². The van der Waals surface area contributed by atoms with Crippen LogP contribution in [0.4, 0.5) is 5.69 Å². The summed E-state index contributed by atoms with van der Waals surface area (Å²) in [6, 6.07) is 13.5. The van der Waals surface area contributed by atoms with E-state index >= 15 is 0 Å². The van der Waals surface area contributed by atoms with Crippen molar-refractivity contribution in [2.24, 2.45) is 11.8 Å². The molecule has 2 fully saturated rings. The quantitative estimate of drug-likeness (QED) is 0.361. The Labute approximate surface area is 275 Å². The van der Waals surface area contributed by atoms with Crippen LogP contribution >= 0.6 is 15.9 Å². The summed E-state index contributed by atoms with van der Waals surface area (Å²) in [7, 11) is 1.55. The van der Waals surface area contributed by atoms with Crippen molar-refractivity contribution in [1.29, 1.82) is 0 Å². The second-order valence-corrected chi connectivity index (χ2v) is 12.8. The number of nitrogens with zero attached hydrogens (tertiary/aromatic N) is 2. The van der Waals surface area contributed by atoms with Gasteiger partial charge in [-0.1, -0.05) is 58.4 Å². The van der Waals surface area contributed by atoms with Crippen LogP contribution in [0.2, 0.25) is 0 Å². The number of ether oxygens (including phenoxy) is 3. The lowest BCUT2D eigenvalue weighted by Crippen LogP contribution is -2.58. The van der Waals surface area contributed by atoms with Gasteiger partial charge in [-0.05, 0) is 49.2 Å². The fourth-order valence-electron chi connectivity index (χ4n) is 6.95. The molecule has 6 rings (SSSR count). The summed E-state index contributed by atoms with van der Waals surface area (Å²) < 4.78 is 18.0. The molecule has 2 saturated heterocycles. The molecule has 4 heterocycles. The fraction of sp³-hybridized carbons (Fsp3) is 0.412. The number of methoxy groups -OCH3 is 1. The molecule has 4 aliphatic heterocycles. The summed E-state index contributed by atoms with van der Waals surface area (Å²) in [6.07, 6.45) is 5.00. The molecule has 0 aliphatic carbocycles. The number of fused-ring (bicyclic) bond motifs is 2. The van der Waals surface area contributed by atoms with E-state index in [9.17, 15) is 24.3 Å². The molecule has 7 atom stereocenters. The van der Waals surface area contributed by atoms with Crippen LogP contribution < -0.4 is 15.0 Å². The highest BCUT2D eigenvalue weighted by Crippen LogP contribution is 2.59. The highest BCUT2D eigenvalue weighted by Gasteiger charge is 2.75. The van der Waals surface area contributed by atoms with Crippen LogP contribution in [0.25, 0.3) is 0 Å². The number of aliphatic hydroxyl groups excluding tert-OH is 1. The van der Waals surface area contributed by atoms with Gasteiger partial charge in [-0.3, -0.25) is 19.2 Å². The molecule has 242 valence electrons. The summed E-state index contributed by atoms with van der Waals surface area (Å²) in [6.45, 7) is 1.30. The summed E-state index contributed by atoms with van der Waals surface area (Å²) in [5.41, 5.74) is -0.196. The molecule has 4 aliphatic rings. The second kappa shape index (κ2) is 13.0. The molecular weight excluding hydrogens is 658 g/mol. The molecule has 0 radical (unpaired) electrons. The van der Waals surface area contributed by atoms with Crippen molar-refractivity contribution in [1.82, 2.24) is 10.2 Å². The minimum atomic E-state index is -1.47. The summed E-state index contributed by atoms with van der Waals surface area (Å²) >= 11 is 3.57. The zero-order chi connectivity index (χ0) is 32.6. The van der Waals surface area contributed by atoms with Crippen molar-refractivity contribution in [3.8, 4) is 5.75 Å². The number of hydrogen-bond acceptors (Lipinski definition) is 8. The zero-order valence-corrected chi connectivity index (χ0v) is 27.1. The molecule has 46 heavy (non-hydrogen) atoms. The fourth-order valence-corrected chi connectivity index (χ4v) is 7.69. The standard InChI is InChI=1S/C34H36BrN3O8/c1-20(18-39)38-30-33(43)37(22-12-14-23(44-2)15-13-22)16-8-4-7-11-26(40)45-19-25(21-9-5-3-6-10-21)36-31(41)27-28(32(38)42)34(30)17-24(35)29(27)46-34/h3-6,8-10,12-15,17,20,25,27-30,39H,7,11,16,18-19H2,1-2H3,(H,36,41)/b8-4-/t20-,25-,27-,28+,29-,30-,34+/m1/s1. The third-order valence-corrected chi connectivity index (χ3v) is 9.87. The van der Waals surface area contributed by atoms with Crippen molar-refractivity contribution in [2.45, 2.75) is 49.6 Å². The molecule has 11 nitrogen and oxygen atoms in total. The van der Waals surface area contributed by atoms with E-state index in [0.717, 1.165) is 5.56 Å². The number of anilines is 1. The molecule has 1 spiro atoms. The van der Waals surface area contributed by atoms with Gasteiger partial charge in [0, 0.05) is 23.1 Å². The monoisotopic (exact) mass is 693 g/mol. The summed E-state index contributed by atoms with van der Waals surface area (Å²) in [5.74, 6) is -3.21. The molecule has 2 aromatic carbocycles. The van der Waals surface area contributed by atoms with Crippen LogP contribution in [-0.4, -0.2) is 84.4 Å². The molecule has 0 saturated carbocycles. The minimum Gasteiger partial charge on any atom is -0.497 e. The Morgan fingerprint density at radius 3 is 2.50 bits per heavy atom. The maximum absolute atomic E-state index is 14.8. The van der Waals surface area contributed by atoms with Crippen molar-refractivity contribution < 1.29 is 38.5 Å². The van der Waals surface area contributed by atoms with Crippen LogP contribution in [0.1, 0.15) is 31.4 Å². The topological polar surface area (TPSA) is 135 Å². The first kappa shape index (κ1) is 32.0. The first-order chi connectivity index (χ1) is 22.2. The average Bonchev–Trinajstić information content (AvgIpc) is 3.67. The predicted octanol–water partition coefficient (Wildman–Crippen LogP) is 3.03. The molecule has 5 bridgehead atoms. The van der Waals surface area contributed by atoms with Crippen molar-refractivity contribution >= 4 is 45.3 Å². The molecular formula is C34H36BrN3O8. The molecule has 0 unspecified atom stereocenters. The van der Waals surface area contributed by atoms with Crippen LogP contribution in [0, 0.1) is 11.8 Å².